The first-order valence-electron chi connectivity index (χ1n) is 4.87. The first-order chi connectivity index (χ1) is 7.27. The van der Waals surface area contributed by atoms with Gasteiger partial charge in [-0.2, -0.15) is 11.8 Å². The minimum atomic E-state index is -0.0115. The molecule has 15 heavy (non-hydrogen) atoms. The van der Waals surface area contributed by atoms with Crippen molar-refractivity contribution in [3.8, 4) is 0 Å². The van der Waals surface area contributed by atoms with Crippen molar-refractivity contribution in [1.82, 2.24) is 9.88 Å². The zero-order valence-corrected chi connectivity index (χ0v) is 9.17. The summed E-state index contributed by atoms with van der Waals surface area (Å²) >= 11 is 1.88. The average Bonchev–Trinajstić information content (AvgIpc) is 2.29. The number of nitrogen functional groups attached to an aromatic ring is 1. The van der Waals surface area contributed by atoms with E-state index in [0.717, 1.165) is 24.6 Å². The van der Waals surface area contributed by atoms with E-state index in [9.17, 15) is 4.79 Å². The van der Waals surface area contributed by atoms with Crippen LogP contribution in [-0.4, -0.2) is 40.4 Å². The first kappa shape index (κ1) is 10.3. The van der Waals surface area contributed by atoms with E-state index in [1.807, 2.05) is 16.7 Å². The fraction of sp³-hybridized carbons (Fsp3) is 0.400. The van der Waals surface area contributed by atoms with Crippen molar-refractivity contribution in [2.75, 3.05) is 30.3 Å². The molecule has 0 bridgehead atoms. The Bertz CT molecular complexity index is 363. The quantitative estimate of drug-likeness (QED) is 0.767. The monoisotopic (exact) mass is 223 g/mol. The Kier molecular flexibility index (Phi) is 3.11. The lowest BCUT2D eigenvalue weighted by atomic mass is 10.3. The Morgan fingerprint density at radius 3 is 2.80 bits per heavy atom. The number of hydrogen-bond donors (Lipinski definition) is 1. The summed E-state index contributed by atoms with van der Waals surface area (Å²) < 4.78 is 0. The van der Waals surface area contributed by atoms with Gasteiger partial charge in [-0.25, -0.2) is 4.98 Å². The van der Waals surface area contributed by atoms with Gasteiger partial charge in [0.2, 0.25) is 0 Å². The van der Waals surface area contributed by atoms with Crippen LogP contribution in [0.15, 0.2) is 18.2 Å². The summed E-state index contributed by atoms with van der Waals surface area (Å²) in [6.45, 7) is 1.61. The largest absolute Gasteiger partial charge is 0.384 e. The van der Waals surface area contributed by atoms with Gasteiger partial charge >= 0.3 is 0 Å². The van der Waals surface area contributed by atoms with Crippen molar-refractivity contribution in [2.45, 2.75) is 0 Å². The number of nitrogens with two attached hydrogens (primary N) is 1. The van der Waals surface area contributed by atoms with Gasteiger partial charge in [0, 0.05) is 24.6 Å². The molecule has 0 saturated carbocycles. The molecular formula is C10H13N3OS. The third kappa shape index (κ3) is 2.41. The van der Waals surface area contributed by atoms with Crippen molar-refractivity contribution in [3.05, 3.63) is 23.9 Å². The van der Waals surface area contributed by atoms with Crippen LogP contribution in [0.5, 0.6) is 0 Å². The van der Waals surface area contributed by atoms with Crippen molar-refractivity contribution >= 4 is 23.5 Å². The van der Waals surface area contributed by atoms with Gasteiger partial charge in [-0.15, -0.1) is 0 Å². The van der Waals surface area contributed by atoms with Gasteiger partial charge in [-0.05, 0) is 12.1 Å². The van der Waals surface area contributed by atoms with E-state index in [4.69, 9.17) is 5.73 Å². The number of rotatable bonds is 1. The van der Waals surface area contributed by atoms with Crippen LogP contribution in [0, 0.1) is 0 Å². The minimum absolute atomic E-state index is 0.0115. The van der Waals surface area contributed by atoms with Crippen LogP contribution in [0.2, 0.25) is 0 Å². The van der Waals surface area contributed by atoms with E-state index < -0.39 is 0 Å². The number of nitrogens with zero attached hydrogens (tertiary/aromatic N) is 2. The van der Waals surface area contributed by atoms with Gasteiger partial charge in [-0.3, -0.25) is 4.79 Å². The molecule has 2 rings (SSSR count). The fourth-order valence-electron chi connectivity index (χ4n) is 1.50. The van der Waals surface area contributed by atoms with Crippen LogP contribution in [0.3, 0.4) is 0 Å². The van der Waals surface area contributed by atoms with Crippen molar-refractivity contribution in [1.29, 1.82) is 0 Å². The zero-order chi connectivity index (χ0) is 10.7. The maximum Gasteiger partial charge on any atom is 0.272 e. The molecule has 0 aliphatic carbocycles. The number of anilines is 1. The summed E-state index contributed by atoms with van der Waals surface area (Å²) in [5, 5.41) is 0. The predicted molar refractivity (Wildman–Crippen MR) is 61.9 cm³/mol. The fourth-order valence-corrected chi connectivity index (χ4v) is 2.40. The van der Waals surface area contributed by atoms with Gasteiger partial charge in [-0.1, -0.05) is 6.07 Å². The Morgan fingerprint density at radius 2 is 2.13 bits per heavy atom. The molecule has 2 N–H and O–H groups in total. The second-order valence-corrected chi connectivity index (χ2v) is 4.58. The molecule has 1 fully saturated rings. The molecule has 0 radical (unpaired) electrons. The van der Waals surface area contributed by atoms with Gasteiger partial charge in [0.25, 0.3) is 5.91 Å². The summed E-state index contributed by atoms with van der Waals surface area (Å²) in [6, 6.07) is 5.15. The second kappa shape index (κ2) is 4.53. The number of hydrogen-bond acceptors (Lipinski definition) is 4. The molecule has 2 heterocycles. The molecule has 5 heteroatoms. The summed E-state index contributed by atoms with van der Waals surface area (Å²) in [5.41, 5.74) is 5.99. The number of carbonyl (C=O) groups is 1. The van der Waals surface area contributed by atoms with Gasteiger partial charge in [0.1, 0.15) is 11.5 Å². The summed E-state index contributed by atoms with van der Waals surface area (Å²) in [5.74, 6) is 2.40. The molecule has 0 unspecified atom stereocenters. The number of carbonyl (C=O) groups excluding carboxylic acids is 1. The minimum Gasteiger partial charge on any atom is -0.384 e. The van der Waals surface area contributed by atoms with Crippen LogP contribution >= 0.6 is 11.8 Å². The first-order valence-corrected chi connectivity index (χ1v) is 6.02. The smallest absolute Gasteiger partial charge is 0.272 e. The molecule has 0 atom stereocenters. The van der Waals surface area contributed by atoms with Gasteiger partial charge in [0.15, 0.2) is 0 Å². The Hall–Kier alpha value is -1.23. The number of pyridine rings is 1. The van der Waals surface area contributed by atoms with Crippen LogP contribution in [0.4, 0.5) is 5.82 Å². The SMILES string of the molecule is Nc1cccc(C(=O)N2CCSCC2)n1. The normalized spacial score (nSPS) is 16.4. The van der Waals surface area contributed by atoms with Crippen molar-refractivity contribution in [2.24, 2.45) is 0 Å². The molecule has 1 aliphatic heterocycles. The van der Waals surface area contributed by atoms with Gasteiger partial charge < -0.3 is 10.6 Å². The third-order valence-corrected chi connectivity index (χ3v) is 3.23. The van der Waals surface area contributed by atoms with E-state index in [0.29, 0.717) is 11.5 Å². The van der Waals surface area contributed by atoms with Crippen LogP contribution < -0.4 is 5.73 Å². The topological polar surface area (TPSA) is 59.2 Å². The van der Waals surface area contributed by atoms with E-state index in [-0.39, 0.29) is 5.91 Å². The maximum absolute atomic E-state index is 12.0. The van der Waals surface area contributed by atoms with Crippen molar-refractivity contribution < 1.29 is 4.79 Å². The number of amides is 1. The summed E-state index contributed by atoms with van der Waals surface area (Å²) in [7, 11) is 0. The number of thioether (sulfide) groups is 1. The highest BCUT2D eigenvalue weighted by atomic mass is 32.2. The van der Waals surface area contributed by atoms with Crippen molar-refractivity contribution in [3.63, 3.8) is 0 Å². The van der Waals surface area contributed by atoms with Crippen LogP contribution in [0.1, 0.15) is 10.5 Å². The van der Waals surface area contributed by atoms with Crippen LogP contribution in [-0.2, 0) is 0 Å². The third-order valence-electron chi connectivity index (χ3n) is 2.29. The highest BCUT2D eigenvalue weighted by Crippen LogP contribution is 2.12. The maximum atomic E-state index is 12.0. The zero-order valence-electron chi connectivity index (χ0n) is 8.35. The van der Waals surface area contributed by atoms with E-state index in [1.165, 1.54) is 0 Å². The average molecular weight is 223 g/mol. The molecule has 1 amide bonds. The molecule has 1 aromatic rings. The summed E-state index contributed by atoms with van der Waals surface area (Å²) in [4.78, 5) is 17.8. The molecule has 1 saturated heterocycles. The number of aromatic nitrogens is 1. The highest BCUT2D eigenvalue weighted by Gasteiger charge is 2.19. The van der Waals surface area contributed by atoms with Gasteiger partial charge in [0.05, 0.1) is 0 Å². The standard InChI is InChI=1S/C10H13N3OS/c11-9-3-1-2-8(12-9)10(14)13-4-6-15-7-5-13/h1-3H,4-7H2,(H2,11,12). The van der Waals surface area contributed by atoms with E-state index >= 15 is 0 Å². The lowest BCUT2D eigenvalue weighted by Gasteiger charge is -2.25. The molecule has 0 spiro atoms. The van der Waals surface area contributed by atoms with E-state index in [1.54, 1.807) is 18.2 Å². The molecule has 4 nitrogen and oxygen atoms in total. The molecule has 1 aromatic heterocycles. The Labute approximate surface area is 92.9 Å². The lowest BCUT2D eigenvalue weighted by molar-refractivity contribution is 0.0766. The highest BCUT2D eigenvalue weighted by molar-refractivity contribution is 7.99. The molecular weight excluding hydrogens is 210 g/mol. The lowest BCUT2D eigenvalue weighted by Crippen LogP contribution is -2.38. The summed E-state index contributed by atoms with van der Waals surface area (Å²) in [6.07, 6.45) is 0. The Balaban J connectivity index is 2.12. The van der Waals surface area contributed by atoms with E-state index in [2.05, 4.69) is 4.98 Å². The van der Waals surface area contributed by atoms with Crippen LogP contribution in [0.25, 0.3) is 0 Å². The second-order valence-electron chi connectivity index (χ2n) is 3.35. The molecule has 1 aliphatic rings. The Morgan fingerprint density at radius 1 is 1.40 bits per heavy atom. The predicted octanol–water partition coefficient (Wildman–Crippen LogP) is 0.853. The molecule has 0 aromatic carbocycles. The molecule has 80 valence electrons.